The van der Waals surface area contributed by atoms with Crippen molar-refractivity contribution in [1.29, 1.82) is 0 Å². The van der Waals surface area contributed by atoms with Crippen LogP contribution in [0.15, 0.2) is 21.4 Å². The van der Waals surface area contributed by atoms with Gasteiger partial charge in [-0.25, -0.2) is 4.79 Å². The summed E-state index contributed by atoms with van der Waals surface area (Å²) in [7, 11) is 1.98. The standard InChI is InChI=1S/C16H24BrN3O/c1-9(16(2,3)4)6-12(18-5)10-7-13-14(8-11(10)17)20-15(21)19-13/h7-9,12,18H,6H2,1-5H3,(H2,19,20,21). The van der Waals surface area contributed by atoms with Gasteiger partial charge in [0.2, 0.25) is 0 Å². The summed E-state index contributed by atoms with van der Waals surface area (Å²) in [5.41, 5.74) is 2.96. The molecule has 2 rings (SSSR count). The van der Waals surface area contributed by atoms with E-state index in [0.29, 0.717) is 5.92 Å². The molecule has 2 atom stereocenters. The highest BCUT2D eigenvalue weighted by molar-refractivity contribution is 9.10. The van der Waals surface area contributed by atoms with Gasteiger partial charge in [0.25, 0.3) is 0 Å². The minimum Gasteiger partial charge on any atom is -0.313 e. The second-order valence-electron chi connectivity index (χ2n) is 6.84. The predicted molar refractivity (Wildman–Crippen MR) is 91.7 cm³/mol. The van der Waals surface area contributed by atoms with Gasteiger partial charge >= 0.3 is 5.69 Å². The second-order valence-corrected chi connectivity index (χ2v) is 7.70. The fraction of sp³-hybridized carbons (Fsp3) is 0.562. The Bertz CT molecular complexity index is 681. The van der Waals surface area contributed by atoms with E-state index in [2.05, 4.69) is 58.9 Å². The molecule has 2 unspecified atom stereocenters. The van der Waals surface area contributed by atoms with E-state index in [4.69, 9.17) is 0 Å². The summed E-state index contributed by atoms with van der Waals surface area (Å²) in [4.78, 5) is 17.0. The van der Waals surface area contributed by atoms with E-state index in [-0.39, 0.29) is 17.1 Å². The molecule has 5 heteroatoms. The van der Waals surface area contributed by atoms with Crippen molar-refractivity contribution in [3.63, 3.8) is 0 Å². The fourth-order valence-corrected chi connectivity index (χ4v) is 3.07. The highest BCUT2D eigenvalue weighted by atomic mass is 79.9. The summed E-state index contributed by atoms with van der Waals surface area (Å²) < 4.78 is 1.02. The maximum Gasteiger partial charge on any atom is 0.323 e. The number of benzene rings is 1. The normalized spacial score (nSPS) is 15.3. The average molecular weight is 354 g/mol. The zero-order valence-corrected chi connectivity index (χ0v) is 14.9. The van der Waals surface area contributed by atoms with Crippen molar-refractivity contribution < 1.29 is 0 Å². The summed E-state index contributed by atoms with van der Waals surface area (Å²) in [5.74, 6) is 0.572. The van der Waals surface area contributed by atoms with E-state index >= 15 is 0 Å². The smallest absolute Gasteiger partial charge is 0.313 e. The Kier molecular flexibility index (Phi) is 4.63. The highest BCUT2D eigenvalue weighted by Gasteiger charge is 2.25. The third-order valence-corrected chi connectivity index (χ3v) is 5.11. The molecule has 0 spiro atoms. The molecule has 0 saturated heterocycles. The van der Waals surface area contributed by atoms with Crippen LogP contribution in [0.3, 0.4) is 0 Å². The van der Waals surface area contributed by atoms with Gasteiger partial charge in [-0.15, -0.1) is 0 Å². The number of imidazole rings is 1. The number of fused-ring (bicyclic) bond motifs is 1. The molecule has 2 aromatic rings. The lowest BCUT2D eigenvalue weighted by Gasteiger charge is -2.31. The van der Waals surface area contributed by atoms with Crippen LogP contribution in [0, 0.1) is 11.3 Å². The van der Waals surface area contributed by atoms with Crippen molar-refractivity contribution in [1.82, 2.24) is 15.3 Å². The van der Waals surface area contributed by atoms with Gasteiger partial charge in [-0.2, -0.15) is 0 Å². The Labute approximate surface area is 133 Å². The van der Waals surface area contributed by atoms with Crippen LogP contribution in [0.4, 0.5) is 0 Å². The molecule has 1 heterocycles. The van der Waals surface area contributed by atoms with Gasteiger partial charge in [0.05, 0.1) is 11.0 Å². The maximum atomic E-state index is 11.4. The summed E-state index contributed by atoms with van der Waals surface area (Å²) in [6.07, 6.45) is 1.04. The highest BCUT2D eigenvalue weighted by Crippen LogP contribution is 2.36. The molecular weight excluding hydrogens is 330 g/mol. The molecule has 0 bridgehead atoms. The van der Waals surface area contributed by atoms with Crippen LogP contribution in [0.25, 0.3) is 11.0 Å². The first kappa shape index (κ1) is 16.3. The van der Waals surface area contributed by atoms with Gasteiger partial charge in [0.1, 0.15) is 0 Å². The fourth-order valence-electron chi connectivity index (χ4n) is 2.45. The third-order valence-electron chi connectivity index (χ3n) is 4.42. The van der Waals surface area contributed by atoms with Crippen LogP contribution in [0.2, 0.25) is 0 Å². The number of halogens is 1. The number of aromatic nitrogens is 2. The number of H-pyrrole nitrogens is 2. The zero-order chi connectivity index (χ0) is 15.8. The van der Waals surface area contributed by atoms with E-state index in [0.717, 1.165) is 21.9 Å². The molecule has 3 N–H and O–H groups in total. The molecule has 0 fully saturated rings. The van der Waals surface area contributed by atoms with Crippen molar-refractivity contribution in [2.45, 2.75) is 40.2 Å². The van der Waals surface area contributed by atoms with Gasteiger partial charge in [-0.05, 0) is 42.5 Å². The number of hydrogen-bond donors (Lipinski definition) is 3. The Morgan fingerprint density at radius 3 is 2.33 bits per heavy atom. The van der Waals surface area contributed by atoms with Gasteiger partial charge in [-0.3, -0.25) is 0 Å². The monoisotopic (exact) mass is 353 g/mol. The Morgan fingerprint density at radius 1 is 1.24 bits per heavy atom. The van der Waals surface area contributed by atoms with Gasteiger partial charge in [-0.1, -0.05) is 43.6 Å². The van der Waals surface area contributed by atoms with Gasteiger partial charge in [0.15, 0.2) is 0 Å². The number of hydrogen-bond acceptors (Lipinski definition) is 2. The number of rotatable bonds is 4. The molecule has 0 aliphatic carbocycles. The molecule has 0 saturated carbocycles. The molecule has 116 valence electrons. The van der Waals surface area contributed by atoms with E-state index < -0.39 is 0 Å². The largest absolute Gasteiger partial charge is 0.323 e. The predicted octanol–water partition coefficient (Wildman–Crippen LogP) is 3.95. The van der Waals surface area contributed by atoms with Gasteiger partial charge in [0, 0.05) is 10.5 Å². The summed E-state index contributed by atoms with van der Waals surface area (Å²) in [5, 5.41) is 3.40. The lowest BCUT2D eigenvalue weighted by molar-refractivity contribution is 0.226. The topological polar surface area (TPSA) is 60.7 Å². The van der Waals surface area contributed by atoms with Crippen LogP contribution in [0.1, 0.15) is 45.7 Å². The molecule has 1 aromatic heterocycles. The SMILES string of the molecule is CNC(CC(C)C(C)(C)C)c1cc2[nH]c(=O)[nH]c2cc1Br. The quantitative estimate of drug-likeness (QED) is 0.779. The molecule has 0 amide bonds. The van der Waals surface area contributed by atoms with Crippen molar-refractivity contribution >= 4 is 27.0 Å². The first-order chi connectivity index (χ1) is 9.72. The van der Waals surface area contributed by atoms with Crippen LogP contribution in [-0.2, 0) is 0 Å². The number of nitrogens with one attached hydrogen (secondary N) is 3. The van der Waals surface area contributed by atoms with E-state index in [1.54, 1.807) is 0 Å². The first-order valence-corrected chi connectivity index (χ1v) is 8.10. The van der Waals surface area contributed by atoms with Gasteiger partial charge < -0.3 is 15.3 Å². The minimum atomic E-state index is -0.168. The van der Waals surface area contributed by atoms with Crippen molar-refractivity contribution in [3.8, 4) is 0 Å². The van der Waals surface area contributed by atoms with Crippen LogP contribution in [-0.4, -0.2) is 17.0 Å². The first-order valence-electron chi connectivity index (χ1n) is 7.31. The van der Waals surface area contributed by atoms with Crippen molar-refractivity contribution in [2.24, 2.45) is 11.3 Å². The summed E-state index contributed by atoms with van der Waals surface area (Å²) in [6, 6.07) is 4.26. The second kappa shape index (κ2) is 5.97. The average Bonchev–Trinajstić information content (AvgIpc) is 2.72. The molecule has 1 aromatic carbocycles. The maximum absolute atomic E-state index is 11.4. The third kappa shape index (κ3) is 3.58. The Hall–Kier alpha value is -1.07. The van der Waals surface area contributed by atoms with E-state index in [9.17, 15) is 4.79 Å². The molecule has 0 aliphatic rings. The lowest BCUT2D eigenvalue weighted by atomic mass is 9.77. The van der Waals surface area contributed by atoms with Crippen molar-refractivity contribution in [2.75, 3.05) is 7.05 Å². The van der Waals surface area contributed by atoms with Crippen LogP contribution >= 0.6 is 15.9 Å². The molecular formula is C16H24BrN3O. The zero-order valence-electron chi connectivity index (χ0n) is 13.3. The van der Waals surface area contributed by atoms with E-state index in [1.807, 2.05) is 19.2 Å². The Balaban J connectivity index is 2.37. The summed E-state index contributed by atoms with van der Waals surface area (Å²) >= 11 is 3.63. The van der Waals surface area contributed by atoms with Crippen LogP contribution in [0.5, 0.6) is 0 Å². The molecule has 0 aliphatic heterocycles. The minimum absolute atomic E-state index is 0.168. The molecule has 4 nitrogen and oxygen atoms in total. The van der Waals surface area contributed by atoms with Crippen molar-refractivity contribution in [3.05, 3.63) is 32.7 Å². The number of aromatic amines is 2. The summed E-state index contributed by atoms with van der Waals surface area (Å²) in [6.45, 7) is 9.10. The lowest BCUT2D eigenvalue weighted by Crippen LogP contribution is -2.25. The van der Waals surface area contributed by atoms with Crippen LogP contribution < -0.4 is 11.0 Å². The molecule has 21 heavy (non-hydrogen) atoms. The Morgan fingerprint density at radius 2 is 1.81 bits per heavy atom. The molecule has 0 radical (unpaired) electrons. The van der Waals surface area contributed by atoms with E-state index in [1.165, 1.54) is 5.56 Å².